The van der Waals surface area contributed by atoms with Crippen molar-refractivity contribution >= 4 is 15.8 Å². The van der Waals surface area contributed by atoms with E-state index in [1.807, 2.05) is 0 Å². The summed E-state index contributed by atoms with van der Waals surface area (Å²) >= 11 is 0. The van der Waals surface area contributed by atoms with Crippen molar-refractivity contribution in [2.75, 3.05) is 6.26 Å². The average molecular weight is 260 g/mol. The molecule has 0 radical (unpaired) electrons. The third-order valence-corrected chi connectivity index (χ3v) is 3.51. The zero-order chi connectivity index (χ0) is 13.2. The van der Waals surface area contributed by atoms with E-state index in [-0.39, 0.29) is 16.9 Å². The lowest BCUT2D eigenvalue weighted by Gasteiger charge is -2.08. The first-order chi connectivity index (χ1) is 7.71. The van der Waals surface area contributed by atoms with Crippen molar-refractivity contribution in [1.29, 1.82) is 0 Å². The van der Waals surface area contributed by atoms with E-state index in [1.54, 1.807) is 0 Å². The number of hydrogen-bond acceptors (Lipinski definition) is 3. The maximum Gasteiger partial charge on any atom is 0.306 e. The highest BCUT2D eigenvalue weighted by Gasteiger charge is 2.16. The van der Waals surface area contributed by atoms with E-state index in [0.717, 1.165) is 12.3 Å². The number of sulfone groups is 1. The Hall–Kier alpha value is -1.43. The first kappa shape index (κ1) is 13.6. The van der Waals surface area contributed by atoms with Crippen LogP contribution in [0.15, 0.2) is 23.1 Å². The molecule has 1 N–H and O–H groups in total. The van der Waals surface area contributed by atoms with Crippen LogP contribution in [0.2, 0.25) is 0 Å². The van der Waals surface area contributed by atoms with Gasteiger partial charge in [0.25, 0.3) is 0 Å². The molecule has 6 heteroatoms. The van der Waals surface area contributed by atoms with Crippen LogP contribution in [-0.2, 0) is 21.1 Å². The molecule has 0 spiro atoms. The summed E-state index contributed by atoms with van der Waals surface area (Å²) in [5, 5.41) is 8.70. The van der Waals surface area contributed by atoms with Gasteiger partial charge in [-0.25, -0.2) is 12.8 Å². The third-order valence-electron chi connectivity index (χ3n) is 2.40. The molecule has 0 aliphatic heterocycles. The summed E-state index contributed by atoms with van der Waals surface area (Å²) in [5.74, 6) is -2.42. The highest BCUT2D eigenvalue weighted by Crippen LogP contribution is 2.17. The molecule has 0 aromatic heterocycles. The maximum atomic E-state index is 13.5. The Morgan fingerprint density at radius 3 is 2.47 bits per heavy atom. The summed E-state index contributed by atoms with van der Waals surface area (Å²) in [5.41, 5.74) is 0.201. The van der Waals surface area contributed by atoms with Crippen LogP contribution in [0.5, 0.6) is 0 Å². The van der Waals surface area contributed by atoms with Crippen molar-refractivity contribution in [2.45, 2.75) is 18.2 Å². The Labute approximate surface area is 99.0 Å². The van der Waals surface area contributed by atoms with Gasteiger partial charge >= 0.3 is 5.97 Å². The summed E-state index contributed by atoms with van der Waals surface area (Å²) in [6.07, 6.45) is 1.02. The lowest BCUT2D eigenvalue weighted by molar-refractivity contribution is -0.141. The fourth-order valence-corrected chi connectivity index (χ4v) is 1.97. The molecule has 94 valence electrons. The van der Waals surface area contributed by atoms with Gasteiger partial charge in [0, 0.05) is 6.26 Å². The fraction of sp³-hybridized carbons (Fsp3) is 0.364. The Bertz CT molecular complexity index is 536. The van der Waals surface area contributed by atoms with Crippen LogP contribution < -0.4 is 0 Å². The lowest BCUT2D eigenvalue weighted by Crippen LogP contribution is -2.13. The van der Waals surface area contributed by atoms with Crippen molar-refractivity contribution < 1.29 is 22.7 Å². The minimum absolute atomic E-state index is 0.0329. The van der Waals surface area contributed by atoms with Crippen molar-refractivity contribution in [2.24, 2.45) is 5.92 Å². The molecular weight excluding hydrogens is 247 g/mol. The number of rotatable bonds is 4. The number of carboxylic acids is 1. The molecular formula is C11H13FO4S. The van der Waals surface area contributed by atoms with Crippen LogP contribution in [0.4, 0.5) is 4.39 Å². The number of carboxylic acid groups (broad SMARTS) is 1. The number of carbonyl (C=O) groups is 1. The van der Waals surface area contributed by atoms with Crippen molar-refractivity contribution in [1.82, 2.24) is 0 Å². The van der Waals surface area contributed by atoms with Crippen molar-refractivity contribution in [3.8, 4) is 0 Å². The van der Waals surface area contributed by atoms with Crippen molar-refractivity contribution in [3.05, 3.63) is 29.6 Å². The molecule has 0 heterocycles. The van der Waals surface area contributed by atoms with E-state index in [2.05, 4.69) is 0 Å². The van der Waals surface area contributed by atoms with Crippen LogP contribution >= 0.6 is 0 Å². The molecule has 1 rings (SSSR count). The van der Waals surface area contributed by atoms with E-state index in [9.17, 15) is 17.6 Å². The van der Waals surface area contributed by atoms with Crippen molar-refractivity contribution in [3.63, 3.8) is 0 Å². The smallest absolute Gasteiger partial charge is 0.306 e. The summed E-state index contributed by atoms with van der Waals surface area (Å²) in [4.78, 5) is 10.5. The SMILES string of the molecule is CC(Cc1ccc(S(C)(=O)=O)cc1F)C(=O)O. The standard InChI is InChI=1S/C11H13FO4S/c1-7(11(13)14)5-8-3-4-9(6-10(8)12)17(2,15)16/h3-4,6-7H,5H2,1-2H3,(H,13,14). The lowest BCUT2D eigenvalue weighted by atomic mass is 10.0. The molecule has 0 bridgehead atoms. The van der Waals surface area contributed by atoms with Crippen LogP contribution in [0.25, 0.3) is 0 Å². The van der Waals surface area contributed by atoms with Crippen LogP contribution in [-0.4, -0.2) is 25.7 Å². The number of aliphatic carboxylic acids is 1. The normalized spacial score (nSPS) is 13.4. The van der Waals surface area contributed by atoms with E-state index < -0.39 is 27.5 Å². The summed E-state index contributed by atoms with van der Waals surface area (Å²) in [6.45, 7) is 1.46. The highest BCUT2D eigenvalue weighted by atomic mass is 32.2. The van der Waals surface area contributed by atoms with Gasteiger partial charge in [0.05, 0.1) is 10.8 Å². The van der Waals surface area contributed by atoms with Crippen LogP contribution in [0.3, 0.4) is 0 Å². The average Bonchev–Trinajstić information content (AvgIpc) is 2.19. The summed E-state index contributed by atoms with van der Waals surface area (Å²) < 4.78 is 35.9. The predicted octanol–water partition coefficient (Wildman–Crippen LogP) is 1.49. The molecule has 4 nitrogen and oxygen atoms in total. The van der Waals surface area contributed by atoms with Gasteiger partial charge in [-0.2, -0.15) is 0 Å². The number of halogens is 1. The van der Waals surface area contributed by atoms with E-state index >= 15 is 0 Å². The Morgan fingerprint density at radius 2 is 2.06 bits per heavy atom. The second-order valence-electron chi connectivity index (χ2n) is 3.97. The largest absolute Gasteiger partial charge is 0.481 e. The first-order valence-corrected chi connectivity index (χ1v) is 6.82. The predicted molar refractivity (Wildman–Crippen MR) is 60.0 cm³/mol. The molecule has 0 saturated carbocycles. The van der Waals surface area contributed by atoms with Gasteiger partial charge in [0.1, 0.15) is 5.82 Å². The van der Waals surface area contributed by atoms with Gasteiger partial charge < -0.3 is 5.11 Å². The van der Waals surface area contributed by atoms with Gasteiger partial charge in [0.2, 0.25) is 0 Å². The number of benzene rings is 1. The molecule has 1 atom stereocenters. The molecule has 1 aromatic carbocycles. The Morgan fingerprint density at radius 1 is 1.47 bits per heavy atom. The molecule has 17 heavy (non-hydrogen) atoms. The van der Waals surface area contributed by atoms with Gasteiger partial charge in [-0.15, -0.1) is 0 Å². The molecule has 0 aliphatic carbocycles. The zero-order valence-electron chi connectivity index (χ0n) is 9.47. The minimum atomic E-state index is -3.44. The monoisotopic (exact) mass is 260 g/mol. The van der Waals surface area contributed by atoms with E-state index in [1.165, 1.54) is 19.1 Å². The number of hydrogen-bond donors (Lipinski definition) is 1. The maximum absolute atomic E-state index is 13.5. The highest BCUT2D eigenvalue weighted by molar-refractivity contribution is 7.90. The zero-order valence-corrected chi connectivity index (χ0v) is 10.3. The quantitative estimate of drug-likeness (QED) is 0.890. The molecule has 0 saturated heterocycles. The molecule has 1 unspecified atom stereocenters. The van der Waals surface area contributed by atoms with Crippen LogP contribution in [0.1, 0.15) is 12.5 Å². The minimum Gasteiger partial charge on any atom is -0.481 e. The molecule has 0 fully saturated rings. The molecule has 0 aliphatic rings. The van der Waals surface area contributed by atoms with Crippen LogP contribution in [0, 0.1) is 11.7 Å². The molecule has 1 aromatic rings. The fourth-order valence-electron chi connectivity index (χ4n) is 1.34. The topological polar surface area (TPSA) is 71.4 Å². The van der Waals surface area contributed by atoms with E-state index in [0.29, 0.717) is 0 Å². The Balaban J connectivity index is 3.03. The van der Waals surface area contributed by atoms with Gasteiger partial charge in [-0.05, 0) is 24.1 Å². The third kappa shape index (κ3) is 3.52. The summed E-state index contributed by atoms with van der Waals surface area (Å²) in [6, 6.07) is 3.51. The van der Waals surface area contributed by atoms with E-state index in [4.69, 9.17) is 5.11 Å². The van der Waals surface area contributed by atoms with Gasteiger partial charge in [-0.1, -0.05) is 13.0 Å². The summed E-state index contributed by atoms with van der Waals surface area (Å²) in [7, 11) is -3.44. The second kappa shape index (κ2) is 4.83. The Kier molecular flexibility index (Phi) is 3.87. The molecule has 0 amide bonds. The second-order valence-corrected chi connectivity index (χ2v) is 5.98. The first-order valence-electron chi connectivity index (χ1n) is 4.93. The van der Waals surface area contributed by atoms with Gasteiger partial charge in [-0.3, -0.25) is 4.79 Å². The van der Waals surface area contributed by atoms with Gasteiger partial charge in [0.15, 0.2) is 9.84 Å².